The van der Waals surface area contributed by atoms with Crippen LogP contribution in [-0.2, 0) is 24.0 Å². The third-order valence-corrected chi connectivity index (χ3v) is 7.55. The van der Waals surface area contributed by atoms with E-state index in [-0.39, 0.29) is 30.3 Å². The molecule has 38 heavy (non-hydrogen) atoms. The Balaban J connectivity index is 1.27. The second-order valence-corrected chi connectivity index (χ2v) is 10.2. The minimum Gasteiger partial charge on any atom is -0.376 e. The first kappa shape index (κ1) is 25.0. The van der Waals surface area contributed by atoms with Gasteiger partial charge in [0.25, 0.3) is 5.78 Å². The third-order valence-electron chi connectivity index (χ3n) is 7.55. The normalized spacial score (nSPS) is 23.2. The Hall–Kier alpha value is -3.32. The summed E-state index contributed by atoms with van der Waals surface area (Å²) in [5, 5.41) is 8.25. The molecule has 0 unspecified atom stereocenters. The molecule has 0 aliphatic carbocycles. The van der Waals surface area contributed by atoms with E-state index in [1.165, 1.54) is 6.07 Å². The van der Waals surface area contributed by atoms with Gasteiger partial charge in [0.05, 0.1) is 24.5 Å². The van der Waals surface area contributed by atoms with E-state index in [9.17, 15) is 17.6 Å². The maximum atomic E-state index is 14.6. The van der Waals surface area contributed by atoms with Crippen LogP contribution in [0.25, 0.3) is 16.9 Å². The van der Waals surface area contributed by atoms with Crippen LogP contribution in [0.4, 0.5) is 23.4 Å². The SMILES string of the molecule is C[C@@H]1CN(c2nc3nncn3c3c2ncn3C[C@@H]2CCCO2)[C@@H](C)CN1Cc1ccc(C(F)(F)F)cc1F. The van der Waals surface area contributed by atoms with Gasteiger partial charge in [-0.15, -0.1) is 10.2 Å². The number of anilines is 1. The quantitative estimate of drug-likeness (QED) is 0.361. The fourth-order valence-corrected chi connectivity index (χ4v) is 5.51. The molecule has 3 aromatic heterocycles. The van der Waals surface area contributed by atoms with Crippen LogP contribution in [0, 0.1) is 5.82 Å². The molecule has 2 aliphatic heterocycles. The molecule has 2 fully saturated rings. The van der Waals surface area contributed by atoms with Crippen molar-refractivity contribution in [1.82, 2.24) is 34.0 Å². The molecule has 0 spiro atoms. The number of hydrogen-bond acceptors (Lipinski definition) is 7. The molecule has 3 atom stereocenters. The number of piperazine rings is 1. The van der Waals surface area contributed by atoms with E-state index in [2.05, 4.69) is 24.6 Å². The molecule has 0 N–H and O–H groups in total. The number of ether oxygens (including phenoxy) is 1. The minimum atomic E-state index is -4.58. The van der Waals surface area contributed by atoms with Gasteiger partial charge in [0, 0.05) is 43.9 Å². The van der Waals surface area contributed by atoms with Crippen molar-refractivity contribution in [2.24, 2.45) is 0 Å². The van der Waals surface area contributed by atoms with Gasteiger partial charge < -0.3 is 14.2 Å². The number of aromatic nitrogens is 6. The first-order chi connectivity index (χ1) is 18.2. The van der Waals surface area contributed by atoms with Gasteiger partial charge in [0.1, 0.15) is 17.7 Å². The molecule has 13 heteroatoms. The zero-order valence-electron chi connectivity index (χ0n) is 21.1. The van der Waals surface area contributed by atoms with Gasteiger partial charge >= 0.3 is 6.18 Å². The third kappa shape index (κ3) is 4.47. The molecule has 0 amide bonds. The van der Waals surface area contributed by atoms with E-state index >= 15 is 0 Å². The Kier molecular flexibility index (Phi) is 6.22. The Labute approximate surface area is 216 Å². The van der Waals surface area contributed by atoms with Crippen molar-refractivity contribution < 1.29 is 22.3 Å². The fraction of sp³-hybridized carbons (Fsp3) is 0.520. The van der Waals surface area contributed by atoms with E-state index < -0.39 is 17.6 Å². The summed E-state index contributed by atoms with van der Waals surface area (Å²) < 4.78 is 63.2. The van der Waals surface area contributed by atoms with Crippen LogP contribution in [0.2, 0.25) is 0 Å². The number of fused-ring (bicyclic) bond motifs is 3. The molecule has 1 aromatic carbocycles. The number of imidazole rings is 1. The largest absolute Gasteiger partial charge is 0.416 e. The van der Waals surface area contributed by atoms with E-state index in [1.54, 1.807) is 12.7 Å². The number of nitrogens with zero attached hydrogens (tertiary/aromatic N) is 8. The Bertz CT molecular complexity index is 1460. The maximum absolute atomic E-state index is 14.6. The first-order valence-electron chi connectivity index (χ1n) is 12.7. The van der Waals surface area contributed by atoms with Crippen molar-refractivity contribution in [1.29, 1.82) is 0 Å². The average molecular weight is 533 g/mol. The summed E-state index contributed by atoms with van der Waals surface area (Å²) in [7, 11) is 0. The van der Waals surface area contributed by atoms with Crippen molar-refractivity contribution in [3.8, 4) is 0 Å². The summed E-state index contributed by atoms with van der Waals surface area (Å²) in [6.45, 7) is 6.86. The van der Waals surface area contributed by atoms with Crippen LogP contribution in [0.1, 0.15) is 37.8 Å². The molecule has 2 aliphatic rings. The predicted octanol–water partition coefficient (Wildman–Crippen LogP) is 3.91. The lowest BCUT2D eigenvalue weighted by atomic mass is 10.0. The molecule has 0 saturated carbocycles. The van der Waals surface area contributed by atoms with Gasteiger partial charge in [-0.3, -0.25) is 4.90 Å². The highest BCUT2D eigenvalue weighted by molar-refractivity contribution is 5.86. The standard InChI is InChI=1S/C25H28F4N8O/c1-15-10-36(16(2)9-34(15)11-17-5-6-18(8-20(17)26)25(27,28)29)22-21-23(37-14-31-33-24(37)32-22)35(13-30-21)12-19-4-3-7-38-19/h5-6,8,13-16,19H,3-4,7,9-12H2,1-2H3/t15-,16+,19+/m1/s1. The molecule has 5 heterocycles. The highest BCUT2D eigenvalue weighted by Gasteiger charge is 2.34. The number of rotatable bonds is 5. The Morgan fingerprint density at radius 2 is 1.95 bits per heavy atom. The van der Waals surface area contributed by atoms with E-state index in [0.29, 0.717) is 37.3 Å². The summed E-state index contributed by atoms with van der Waals surface area (Å²) in [5.41, 5.74) is 0.836. The second-order valence-electron chi connectivity index (χ2n) is 10.2. The molecule has 4 aromatic rings. The van der Waals surface area contributed by atoms with Gasteiger partial charge in [0.15, 0.2) is 11.5 Å². The van der Waals surface area contributed by atoms with Gasteiger partial charge in [-0.1, -0.05) is 6.07 Å². The van der Waals surface area contributed by atoms with Gasteiger partial charge in [-0.25, -0.2) is 13.8 Å². The fourth-order valence-electron chi connectivity index (χ4n) is 5.51. The highest BCUT2D eigenvalue weighted by Crippen LogP contribution is 2.32. The van der Waals surface area contributed by atoms with Gasteiger partial charge in [-0.05, 0) is 38.8 Å². The lowest BCUT2D eigenvalue weighted by molar-refractivity contribution is -0.137. The molecule has 202 valence electrons. The smallest absolute Gasteiger partial charge is 0.376 e. The molecule has 2 saturated heterocycles. The van der Waals surface area contributed by atoms with Crippen LogP contribution in [0.3, 0.4) is 0 Å². The first-order valence-corrected chi connectivity index (χ1v) is 12.7. The lowest BCUT2D eigenvalue weighted by Crippen LogP contribution is -2.56. The van der Waals surface area contributed by atoms with Crippen molar-refractivity contribution >= 4 is 22.8 Å². The Morgan fingerprint density at radius 1 is 1.11 bits per heavy atom. The van der Waals surface area contributed by atoms with Crippen LogP contribution in [-0.4, -0.2) is 71.9 Å². The van der Waals surface area contributed by atoms with Gasteiger partial charge in [0.2, 0.25) is 0 Å². The van der Waals surface area contributed by atoms with Gasteiger partial charge in [-0.2, -0.15) is 18.2 Å². The van der Waals surface area contributed by atoms with E-state index in [0.717, 1.165) is 36.7 Å². The zero-order valence-corrected chi connectivity index (χ0v) is 21.1. The second kappa shape index (κ2) is 9.45. The van der Waals surface area contributed by atoms with Crippen molar-refractivity contribution in [3.63, 3.8) is 0 Å². The zero-order chi connectivity index (χ0) is 26.6. The van der Waals surface area contributed by atoms with E-state index in [4.69, 9.17) is 14.7 Å². The summed E-state index contributed by atoms with van der Waals surface area (Å²) in [6, 6.07) is 2.69. The van der Waals surface area contributed by atoms with Crippen molar-refractivity contribution in [2.75, 3.05) is 24.6 Å². The molecule has 6 rings (SSSR count). The minimum absolute atomic E-state index is 0.0203. The van der Waals surface area contributed by atoms with Crippen LogP contribution < -0.4 is 4.90 Å². The summed E-state index contributed by atoms with van der Waals surface area (Å²) in [4.78, 5) is 13.8. The number of alkyl halides is 3. The summed E-state index contributed by atoms with van der Waals surface area (Å²) >= 11 is 0. The summed E-state index contributed by atoms with van der Waals surface area (Å²) in [6.07, 6.45) is 1.03. The maximum Gasteiger partial charge on any atom is 0.416 e. The van der Waals surface area contributed by atoms with E-state index in [1.807, 2.05) is 18.2 Å². The summed E-state index contributed by atoms with van der Waals surface area (Å²) in [5.74, 6) is 0.321. The van der Waals surface area contributed by atoms with Crippen molar-refractivity contribution in [2.45, 2.75) is 64.1 Å². The average Bonchev–Trinajstić information content (AvgIpc) is 3.63. The molecule has 0 bridgehead atoms. The number of hydrogen-bond donors (Lipinski definition) is 0. The predicted molar refractivity (Wildman–Crippen MR) is 131 cm³/mol. The van der Waals surface area contributed by atoms with Crippen LogP contribution in [0.5, 0.6) is 0 Å². The Morgan fingerprint density at radius 3 is 2.68 bits per heavy atom. The molecule has 9 nitrogen and oxygen atoms in total. The van der Waals surface area contributed by atoms with Crippen LogP contribution in [0.15, 0.2) is 30.9 Å². The molecule has 0 radical (unpaired) electrons. The highest BCUT2D eigenvalue weighted by atomic mass is 19.4. The molecular formula is C25H28F4N8O. The van der Waals surface area contributed by atoms with Crippen molar-refractivity contribution in [3.05, 3.63) is 47.8 Å². The lowest BCUT2D eigenvalue weighted by Gasteiger charge is -2.44. The van der Waals surface area contributed by atoms with Crippen LogP contribution >= 0.6 is 0 Å². The number of benzene rings is 1. The topological polar surface area (TPSA) is 76.6 Å². The monoisotopic (exact) mass is 532 g/mol. The number of halogens is 4. The molecular weight excluding hydrogens is 504 g/mol.